The van der Waals surface area contributed by atoms with Crippen LogP contribution < -0.4 is 14.3 Å². The Kier molecular flexibility index (Phi) is 4.45. The van der Waals surface area contributed by atoms with Crippen LogP contribution >= 0.6 is 0 Å². The van der Waals surface area contributed by atoms with Crippen molar-refractivity contribution in [2.24, 2.45) is 0 Å². The number of phenolic OH excluding ortho intramolecular Hbond substituents is 1. The molecule has 1 aromatic heterocycles. The normalized spacial score (nSPS) is 15.8. The molecule has 1 aliphatic heterocycles. The SMILES string of the molecule is Cc1ccnc(C)c1NCc1cc(O)c(N2CC(=O)NS2(=O)=O)c(F)c1. The Morgan fingerprint density at radius 1 is 1.38 bits per heavy atom. The molecule has 1 aromatic carbocycles. The molecule has 26 heavy (non-hydrogen) atoms. The number of pyridine rings is 1. The lowest BCUT2D eigenvalue weighted by molar-refractivity contribution is -0.117. The van der Waals surface area contributed by atoms with Crippen molar-refractivity contribution in [1.29, 1.82) is 0 Å². The van der Waals surface area contributed by atoms with Gasteiger partial charge in [0, 0.05) is 12.7 Å². The molecule has 0 radical (unpaired) electrons. The molecule has 10 heteroatoms. The van der Waals surface area contributed by atoms with Gasteiger partial charge in [-0.1, -0.05) is 0 Å². The van der Waals surface area contributed by atoms with Gasteiger partial charge in [-0.05, 0) is 43.2 Å². The molecule has 3 rings (SSSR count). The fourth-order valence-electron chi connectivity index (χ4n) is 2.79. The number of carbonyl (C=O) groups excluding carboxylic acids is 1. The van der Waals surface area contributed by atoms with Crippen molar-refractivity contribution in [3.8, 4) is 5.75 Å². The van der Waals surface area contributed by atoms with Crippen molar-refractivity contribution in [3.05, 3.63) is 47.0 Å². The number of benzene rings is 1. The maximum absolute atomic E-state index is 14.5. The van der Waals surface area contributed by atoms with Gasteiger partial charge in [-0.3, -0.25) is 9.78 Å². The van der Waals surface area contributed by atoms with E-state index in [1.165, 1.54) is 6.07 Å². The molecule has 0 aliphatic carbocycles. The maximum Gasteiger partial charge on any atom is 0.326 e. The van der Waals surface area contributed by atoms with Crippen LogP contribution in [0.1, 0.15) is 16.8 Å². The lowest BCUT2D eigenvalue weighted by atomic mass is 10.1. The van der Waals surface area contributed by atoms with Crippen molar-refractivity contribution in [2.75, 3.05) is 16.2 Å². The standard InChI is InChI=1S/C16H17FN4O4S/c1-9-3-4-18-10(2)15(9)19-7-11-5-12(17)16(13(22)6-11)21-8-14(23)20-26(21,24)25/h3-6,19,22H,7-8H2,1-2H3,(H,20,23). The molecule has 2 heterocycles. The third kappa shape index (κ3) is 3.27. The molecule has 1 fully saturated rings. The van der Waals surface area contributed by atoms with Crippen LogP contribution in [0.2, 0.25) is 0 Å². The number of halogens is 1. The van der Waals surface area contributed by atoms with E-state index in [9.17, 15) is 22.7 Å². The van der Waals surface area contributed by atoms with E-state index >= 15 is 0 Å². The smallest absolute Gasteiger partial charge is 0.326 e. The van der Waals surface area contributed by atoms with Gasteiger partial charge in [0.15, 0.2) is 5.82 Å². The summed E-state index contributed by atoms with van der Waals surface area (Å²) in [5, 5.41) is 13.3. The molecule has 0 spiro atoms. The van der Waals surface area contributed by atoms with Crippen LogP contribution in [0.5, 0.6) is 5.75 Å². The number of anilines is 2. The third-order valence-corrected chi connectivity index (χ3v) is 5.37. The number of aryl methyl sites for hydroxylation is 2. The molecule has 1 amide bonds. The molecule has 0 saturated carbocycles. The number of aromatic nitrogens is 1. The first-order valence-corrected chi connectivity index (χ1v) is 9.14. The van der Waals surface area contributed by atoms with Crippen molar-refractivity contribution in [3.63, 3.8) is 0 Å². The fraction of sp³-hybridized carbons (Fsp3) is 0.250. The largest absolute Gasteiger partial charge is 0.506 e. The van der Waals surface area contributed by atoms with Crippen molar-refractivity contribution < 1.29 is 22.7 Å². The summed E-state index contributed by atoms with van der Waals surface area (Å²) in [4.78, 5) is 15.5. The zero-order valence-corrected chi connectivity index (χ0v) is 14.9. The number of phenols is 1. The third-order valence-electron chi connectivity index (χ3n) is 3.99. The molecule has 8 nitrogen and oxygen atoms in total. The highest BCUT2D eigenvalue weighted by Gasteiger charge is 2.37. The number of amides is 1. The summed E-state index contributed by atoms with van der Waals surface area (Å²) in [6.07, 6.45) is 1.68. The zero-order chi connectivity index (χ0) is 19.1. The molecule has 138 valence electrons. The van der Waals surface area contributed by atoms with Crippen LogP contribution in [0, 0.1) is 19.7 Å². The second-order valence-electron chi connectivity index (χ2n) is 5.92. The average molecular weight is 380 g/mol. The van der Waals surface area contributed by atoms with Gasteiger partial charge in [-0.25, -0.2) is 13.4 Å². The highest BCUT2D eigenvalue weighted by atomic mass is 32.2. The summed E-state index contributed by atoms with van der Waals surface area (Å²) in [7, 11) is -4.20. The molecule has 0 atom stereocenters. The lowest BCUT2D eigenvalue weighted by Crippen LogP contribution is -2.30. The monoisotopic (exact) mass is 380 g/mol. The van der Waals surface area contributed by atoms with Crippen molar-refractivity contribution >= 4 is 27.5 Å². The van der Waals surface area contributed by atoms with Crippen LogP contribution in [-0.4, -0.2) is 31.0 Å². The van der Waals surface area contributed by atoms with Crippen molar-refractivity contribution in [1.82, 2.24) is 9.71 Å². The highest BCUT2D eigenvalue weighted by Crippen LogP contribution is 2.34. The van der Waals surface area contributed by atoms with E-state index in [4.69, 9.17) is 0 Å². The number of carbonyl (C=O) groups is 1. The van der Waals surface area contributed by atoms with Crippen LogP contribution in [-0.2, 0) is 21.5 Å². The van der Waals surface area contributed by atoms with Gasteiger partial charge in [-0.15, -0.1) is 0 Å². The van der Waals surface area contributed by atoms with E-state index in [1.807, 2.05) is 19.9 Å². The van der Waals surface area contributed by atoms with Crippen LogP contribution in [0.3, 0.4) is 0 Å². The minimum Gasteiger partial charge on any atom is -0.506 e. The molecule has 3 N–H and O–H groups in total. The number of hydrogen-bond donors (Lipinski definition) is 3. The van der Waals surface area contributed by atoms with Gasteiger partial charge in [0.05, 0.1) is 11.4 Å². The number of aromatic hydroxyl groups is 1. The number of nitrogens with zero attached hydrogens (tertiary/aromatic N) is 2. The van der Waals surface area contributed by atoms with E-state index in [1.54, 1.807) is 10.9 Å². The minimum absolute atomic E-state index is 0.196. The predicted molar refractivity (Wildman–Crippen MR) is 93.5 cm³/mol. The van der Waals surface area contributed by atoms with E-state index in [-0.39, 0.29) is 6.54 Å². The topological polar surface area (TPSA) is 112 Å². The molecule has 0 bridgehead atoms. The minimum atomic E-state index is -4.20. The van der Waals surface area contributed by atoms with E-state index in [0.29, 0.717) is 9.87 Å². The van der Waals surface area contributed by atoms with E-state index < -0.39 is 39.9 Å². The molecule has 1 saturated heterocycles. The second kappa shape index (κ2) is 6.45. The Hall–Kier alpha value is -2.88. The number of nitrogens with one attached hydrogen (secondary N) is 2. The van der Waals surface area contributed by atoms with E-state index in [0.717, 1.165) is 23.0 Å². The molecule has 1 aliphatic rings. The number of rotatable bonds is 4. The molecule has 0 unspecified atom stereocenters. The lowest BCUT2D eigenvalue weighted by Gasteiger charge is -2.18. The Bertz CT molecular complexity index is 950. The Labute approximate surface area is 149 Å². The summed E-state index contributed by atoms with van der Waals surface area (Å²) < 4.78 is 40.4. The summed E-state index contributed by atoms with van der Waals surface area (Å²) in [5.74, 6) is -2.31. The molecule has 2 aromatic rings. The quantitative estimate of drug-likeness (QED) is 0.738. The van der Waals surface area contributed by atoms with Gasteiger partial charge in [0.25, 0.3) is 5.91 Å². The first-order chi connectivity index (χ1) is 12.2. The van der Waals surface area contributed by atoms with Gasteiger partial charge in [0.2, 0.25) is 0 Å². The Balaban J connectivity index is 1.87. The van der Waals surface area contributed by atoms with Crippen LogP contribution in [0.25, 0.3) is 0 Å². The summed E-state index contributed by atoms with van der Waals surface area (Å²) >= 11 is 0. The fourth-order valence-corrected chi connectivity index (χ4v) is 3.96. The van der Waals surface area contributed by atoms with E-state index in [2.05, 4.69) is 10.3 Å². The average Bonchev–Trinajstić information content (AvgIpc) is 2.78. The predicted octanol–water partition coefficient (Wildman–Crippen LogP) is 1.34. The van der Waals surface area contributed by atoms with Crippen molar-refractivity contribution in [2.45, 2.75) is 20.4 Å². The summed E-state index contributed by atoms with van der Waals surface area (Å²) in [6, 6.07) is 4.20. The first-order valence-electron chi connectivity index (χ1n) is 7.70. The Morgan fingerprint density at radius 2 is 2.12 bits per heavy atom. The van der Waals surface area contributed by atoms with Crippen LogP contribution in [0.4, 0.5) is 15.8 Å². The van der Waals surface area contributed by atoms with Gasteiger partial charge in [-0.2, -0.15) is 8.42 Å². The van der Waals surface area contributed by atoms with Gasteiger partial charge in [0.1, 0.15) is 18.0 Å². The maximum atomic E-state index is 14.5. The molecular formula is C16H17FN4O4S. The first kappa shape index (κ1) is 17.9. The second-order valence-corrected chi connectivity index (χ2v) is 7.52. The Morgan fingerprint density at radius 3 is 2.69 bits per heavy atom. The van der Waals surface area contributed by atoms with Crippen LogP contribution in [0.15, 0.2) is 24.4 Å². The summed E-state index contributed by atoms with van der Waals surface area (Å²) in [5.41, 5.74) is 2.39. The highest BCUT2D eigenvalue weighted by molar-refractivity contribution is 7.92. The van der Waals surface area contributed by atoms with Gasteiger partial charge < -0.3 is 10.4 Å². The van der Waals surface area contributed by atoms with Gasteiger partial charge >= 0.3 is 10.2 Å². The summed E-state index contributed by atoms with van der Waals surface area (Å²) in [6.45, 7) is 3.35. The number of hydrogen-bond acceptors (Lipinski definition) is 6. The zero-order valence-electron chi connectivity index (χ0n) is 14.1. The molecular weight excluding hydrogens is 363 g/mol.